The van der Waals surface area contributed by atoms with Gasteiger partial charge in [0.25, 0.3) is 5.56 Å². The number of aliphatic carboxylic acids is 1. The summed E-state index contributed by atoms with van der Waals surface area (Å²) in [7, 11) is 0. The molecule has 8 heteroatoms. The number of nitrogens with one attached hydrogen (secondary N) is 1. The summed E-state index contributed by atoms with van der Waals surface area (Å²) in [5, 5.41) is 8.58. The summed E-state index contributed by atoms with van der Waals surface area (Å²) in [6, 6.07) is 0. The first kappa shape index (κ1) is 9.19. The Morgan fingerprint density at radius 2 is 2.40 bits per heavy atom. The largest absolute Gasteiger partial charge is 0.480 e. The van der Waals surface area contributed by atoms with E-state index in [-0.39, 0.29) is 23.7 Å². The van der Waals surface area contributed by atoms with Crippen LogP contribution < -0.4 is 11.3 Å². The average molecular weight is 209 g/mol. The predicted octanol–water partition coefficient (Wildman–Crippen LogP) is -1.21. The summed E-state index contributed by atoms with van der Waals surface area (Å²) in [6.45, 7) is -0.342. The van der Waals surface area contributed by atoms with Crippen LogP contribution in [0.4, 0.5) is 5.95 Å². The molecule has 2 heterocycles. The van der Waals surface area contributed by atoms with E-state index in [0.29, 0.717) is 0 Å². The van der Waals surface area contributed by atoms with Crippen LogP contribution in [0.1, 0.15) is 0 Å². The summed E-state index contributed by atoms with van der Waals surface area (Å²) in [6.07, 6.45) is 1.24. The van der Waals surface area contributed by atoms with Gasteiger partial charge in [-0.25, -0.2) is 4.98 Å². The Labute approximate surface area is 82.4 Å². The molecule has 0 amide bonds. The maximum atomic E-state index is 11.4. The van der Waals surface area contributed by atoms with Gasteiger partial charge in [-0.2, -0.15) is 4.98 Å². The van der Waals surface area contributed by atoms with Crippen LogP contribution in [0, 0.1) is 0 Å². The molecule has 15 heavy (non-hydrogen) atoms. The Hall–Kier alpha value is -2.38. The number of carboxylic acid groups (broad SMARTS) is 1. The van der Waals surface area contributed by atoms with Crippen LogP contribution in [-0.4, -0.2) is 30.6 Å². The van der Waals surface area contributed by atoms with Crippen LogP contribution in [0.5, 0.6) is 0 Å². The van der Waals surface area contributed by atoms with Crippen LogP contribution in [0.2, 0.25) is 0 Å². The average Bonchev–Trinajstić information content (AvgIpc) is 2.46. The fraction of sp³-hybridized carbons (Fsp3) is 0.143. The summed E-state index contributed by atoms with van der Waals surface area (Å²) in [4.78, 5) is 31.7. The number of rotatable bonds is 2. The maximum Gasteiger partial charge on any atom is 0.323 e. The molecule has 0 fully saturated rings. The second-order valence-electron chi connectivity index (χ2n) is 2.89. The third-order valence-electron chi connectivity index (χ3n) is 1.81. The molecule has 0 aromatic carbocycles. The third-order valence-corrected chi connectivity index (χ3v) is 1.81. The minimum atomic E-state index is -1.06. The van der Waals surface area contributed by atoms with Crippen molar-refractivity contribution >= 4 is 23.1 Å². The Morgan fingerprint density at radius 1 is 1.67 bits per heavy atom. The van der Waals surface area contributed by atoms with Gasteiger partial charge in [0.05, 0.1) is 6.33 Å². The Kier molecular flexibility index (Phi) is 1.89. The number of nitrogen functional groups attached to an aromatic ring is 1. The van der Waals surface area contributed by atoms with E-state index in [0.717, 1.165) is 0 Å². The van der Waals surface area contributed by atoms with Crippen molar-refractivity contribution in [2.75, 3.05) is 5.73 Å². The van der Waals surface area contributed by atoms with Gasteiger partial charge in [-0.1, -0.05) is 0 Å². The summed E-state index contributed by atoms with van der Waals surface area (Å²) >= 11 is 0. The molecule has 0 bridgehead atoms. The smallest absolute Gasteiger partial charge is 0.323 e. The summed E-state index contributed by atoms with van der Waals surface area (Å²) in [5.74, 6) is -1.11. The molecule has 0 aliphatic carbocycles. The van der Waals surface area contributed by atoms with Crippen molar-refractivity contribution in [3.8, 4) is 0 Å². The van der Waals surface area contributed by atoms with Gasteiger partial charge < -0.3 is 15.4 Å². The third kappa shape index (κ3) is 1.52. The molecule has 0 saturated carbocycles. The molecular formula is C7H7N5O3. The van der Waals surface area contributed by atoms with Crippen molar-refractivity contribution in [3.63, 3.8) is 0 Å². The van der Waals surface area contributed by atoms with Crippen LogP contribution in [0.25, 0.3) is 11.2 Å². The van der Waals surface area contributed by atoms with Crippen LogP contribution in [-0.2, 0) is 11.3 Å². The van der Waals surface area contributed by atoms with Crippen molar-refractivity contribution in [3.05, 3.63) is 16.7 Å². The maximum absolute atomic E-state index is 11.4. The fourth-order valence-electron chi connectivity index (χ4n) is 1.27. The number of carbonyl (C=O) groups is 1. The van der Waals surface area contributed by atoms with Gasteiger partial charge in [-0.15, -0.1) is 0 Å². The van der Waals surface area contributed by atoms with E-state index in [4.69, 9.17) is 10.8 Å². The molecule has 78 valence electrons. The first-order valence-electron chi connectivity index (χ1n) is 4.00. The Bertz CT molecular complexity index is 584. The molecule has 0 atom stereocenters. The topological polar surface area (TPSA) is 127 Å². The van der Waals surface area contributed by atoms with E-state index < -0.39 is 11.5 Å². The number of nitrogens with zero attached hydrogens (tertiary/aromatic N) is 3. The molecule has 0 saturated heterocycles. The number of nitrogens with two attached hydrogens (primary N) is 1. The number of carboxylic acids is 1. The number of hydrogen-bond acceptors (Lipinski definition) is 5. The summed E-state index contributed by atoms with van der Waals surface area (Å²) < 4.78 is 1.20. The van der Waals surface area contributed by atoms with E-state index in [1.165, 1.54) is 10.9 Å². The van der Waals surface area contributed by atoms with Gasteiger partial charge >= 0.3 is 5.97 Å². The minimum Gasteiger partial charge on any atom is -0.480 e. The molecule has 0 unspecified atom stereocenters. The zero-order valence-corrected chi connectivity index (χ0v) is 7.47. The van der Waals surface area contributed by atoms with E-state index in [2.05, 4.69) is 15.0 Å². The highest BCUT2D eigenvalue weighted by molar-refractivity contribution is 5.74. The molecule has 4 N–H and O–H groups in total. The molecule has 2 aromatic heterocycles. The van der Waals surface area contributed by atoms with Gasteiger partial charge in [-0.05, 0) is 0 Å². The Morgan fingerprint density at radius 3 is 3.07 bits per heavy atom. The zero-order valence-electron chi connectivity index (χ0n) is 7.47. The highest BCUT2D eigenvalue weighted by atomic mass is 16.4. The van der Waals surface area contributed by atoms with Crippen LogP contribution >= 0.6 is 0 Å². The number of aromatic nitrogens is 4. The predicted molar refractivity (Wildman–Crippen MR) is 50.2 cm³/mol. The van der Waals surface area contributed by atoms with Gasteiger partial charge in [0.15, 0.2) is 11.2 Å². The van der Waals surface area contributed by atoms with Gasteiger partial charge in [-0.3, -0.25) is 14.6 Å². The van der Waals surface area contributed by atoms with E-state index in [1.54, 1.807) is 0 Å². The number of aromatic amines is 1. The summed E-state index contributed by atoms with van der Waals surface area (Å²) in [5.41, 5.74) is 5.04. The second kappa shape index (κ2) is 3.08. The van der Waals surface area contributed by atoms with Crippen molar-refractivity contribution in [2.24, 2.45) is 0 Å². The lowest BCUT2D eigenvalue weighted by Crippen LogP contribution is -2.16. The van der Waals surface area contributed by atoms with Crippen molar-refractivity contribution in [1.29, 1.82) is 0 Å². The molecule has 2 rings (SSSR count). The van der Waals surface area contributed by atoms with Crippen molar-refractivity contribution < 1.29 is 9.90 Å². The fourth-order valence-corrected chi connectivity index (χ4v) is 1.27. The molecule has 0 aliphatic heterocycles. The SMILES string of the molecule is Nc1nc2ncn(CC(=O)O)c2c(=O)[nH]1. The van der Waals surface area contributed by atoms with Crippen molar-refractivity contribution in [2.45, 2.75) is 6.54 Å². The second-order valence-corrected chi connectivity index (χ2v) is 2.89. The molecule has 0 aliphatic rings. The molecule has 0 radical (unpaired) electrons. The minimum absolute atomic E-state index is 0.0481. The lowest BCUT2D eigenvalue weighted by molar-refractivity contribution is -0.137. The molecular weight excluding hydrogens is 202 g/mol. The Balaban J connectivity index is 2.69. The van der Waals surface area contributed by atoms with E-state index in [1.807, 2.05) is 0 Å². The van der Waals surface area contributed by atoms with Gasteiger partial charge in [0, 0.05) is 0 Å². The van der Waals surface area contributed by atoms with Gasteiger partial charge in [0.1, 0.15) is 6.54 Å². The lowest BCUT2D eigenvalue weighted by atomic mass is 10.5. The van der Waals surface area contributed by atoms with E-state index in [9.17, 15) is 9.59 Å². The zero-order chi connectivity index (χ0) is 11.0. The molecule has 0 spiro atoms. The number of anilines is 1. The first-order chi connectivity index (χ1) is 7.08. The van der Waals surface area contributed by atoms with Crippen LogP contribution in [0.15, 0.2) is 11.1 Å². The number of imidazole rings is 1. The first-order valence-corrected chi connectivity index (χ1v) is 4.00. The van der Waals surface area contributed by atoms with Crippen LogP contribution in [0.3, 0.4) is 0 Å². The number of fused-ring (bicyclic) bond motifs is 1. The van der Waals surface area contributed by atoms with Crippen molar-refractivity contribution in [1.82, 2.24) is 19.5 Å². The molecule has 2 aromatic rings. The lowest BCUT2D eigenvalue weighted by Gasteiger charge is -1.98. The number of H-pyrrole nitrogens is 1. The van der Waals surface area contributed by atoms with Gasteiger partial charge in [0.2, 0.25) is 5.95 Å². The molecule has 8 nitrogen and oxygen atoms in total. The monoisotopic (exact) mass is 209 g/mol. The quantitative estimate of drug-likeness (QED) is 0.569. The normalized spacial score (nSPS) is 10.7. The highest BCUT2D eigenvalue weighted by Crippen LogP contribution is 2.05. The highest BCUT2D eigenvalue weighted by Gasteiger charge is 2.11. The number of hydrogen-bond donors (Lipinski definition) is 3. The van der Waals surface area contributed by atoms with E-state index >= 15 is 0 Å². The standard InChI is InChI=1S/C7H7N5O3/c8-7-10-5-4(6(15)11-7)12(2-9-5)1-3(13)14/h2H,1H2,(H,13,14)(H3,8,10,11,15).